The van der Waals surface area contributed by atoms with Gasteiger partial charge in [-0.2, -0.15) is 0 Å². The molecule has 0 spiro atoms. The number of nitrogens with one attached hydrogen (secondary N) is 1. The number of nitrogens with zero attached hydrogens (tertiary/aromatic N) is 1. The van der Waals surface area contributed by atoms with Gasteiger partial charge in [-0.3, -0.25) is 9.59 Å². The Morgan fingerprint density at radius 1 is 1.28 bits per heavy atom. The third-order valence-electron chi connectivity index (χ3n) is 3.91. The summed E-state index contributed by atoms with van der Waals surface area (Å²) in [4.78, 5) is 37.5. The Bertz CT molecular complexity index is 660. The summed E-state index contributed by atoms with van der Waals surface area (Å²) >= 11 is 1.40. The van der Waals surface area contributed by atoms with Crippen molar-refractivity contribution in [1.29, 1.82) is 0 Å². The molecule has 25 heavy (non-hydrogen) atoms. The van der Waals surface area contributed by atoms with Gasteiger partial charge in [0.15, 0.2) is 0 Å². The molecule has 134 valence electrons. The number of rotatable bonds is 6. The van der Waals surface area contributed by atoms with Crippen molar-refractivity contribution in [3.05, 3.63) is 42.0 Å². The average molecular weight is 362 g/mol. The van der Waals surface area contributed by atoms with Crippen LogP contribution in [-0.4, -0.2) is 51.5 Å². The molecule has 0 saturated carbocycles. The molecule has 2 atom stereocenters. The van der Waals surface area contributed by atoms with Crippen LogP contribution >= 0.6 is 11.8 Å². The van der Waals surface area contributed by atoms with E-state index in [1.165, 1.54) is 22.7 Å². The van der Waals surface area contributed by atoms with E-state index in [2.05, 4.69) is 5.32 Å². The minimum absolute atomic E-state index is 0.151. The molecule has 1 saturated heterocycles. The highest BCUT2D eigenvalue weighted by molar-refractivity contribution is 7.99. The Morgan fingerprint density at radius 2 is 1.96 bits per heavy atom. The first kappa shape index (κ1) is 19.1. The van der Waals surface area contributed by atoms with Crippen LogP contribution in [0.15, 0.2) is 36.4 Å². The fourth-order valence-electron chi connectivity index (χ4n) is 2.49. The SMILES string of the molecule is CC(C)[C@H](NC(=O)/C=C/c1ccccc1)C(=O)N1CSC[C@H]1C(=O)O. The third kappa shape index (κ3) is 5.09. The molecule has 0 unspecified atom stereocenters. The molecular weight excluding hydrogens is 340 g/mol. The summed E-state index contributed by atoms with van der Waals surface area (Å²) in [5.74, 6) is -1.20. The highest BCUT2D eigenvalue weighted by atomic mass is 32.2. The van der Waals surface area contributed by atoms with Gasteiger partial charge < -0.3 is 15.3 Å². The largest absolute Gasteiger partial charge is 0.480 e. The summed E-state index contributed by atoms with van der Waals surface area (Å²) in [6.07, 6.45) is 3.05. The summed E-state index contributed by atoms with van der Waals surface area (Å²) in [5.41, 5.74) is 0.881. The second kappa shape index (κ2) is 8.71. The van der Waals surface area contributed by atoms with Gasteiger partial charge in [0.05, 0.1) is 5.88 Å². The third-order valence-corrected chi connectivity index (χ3v) is 4.92. The van der Waals surface area contributed by atoms with Crippen LogP contribution in [0.1, 0.15) is 19.4 Å². The fourth-order valence-corrected chi connectivity index (χ4v) is 3.65. The number of carboxylic acid groups (broad SMARTS) is 1. The van der Waals surface area contributed by atoms with Gasteiger partial charge in [-0.1, -0.05) is 44.2 Å². The summed E-state index contributed by atoms with van der Waals surface area (Å²) in [6, 6.07) is 7.77. The van der Waals surface area contributed by atoms with E-state index in [1.807, 2.05) is 44.2 Å². The lowest BCUT2D eigenvalue weighted by molar-refractivity contribution is -0.149. The number of carbonyl (C=O) groups is 3. The van der Waals surface area contributed by atoms with Crippen LogP contribution in [0.4, 0.5) is 0 Å². The van der Waals surface area contributed by atoms with Crippen molar-refractivity contribution in [3.63, 3.8) is 0 Å². The summed E-state index contributed by atoms with van der Waals surface area (Å²) in [7, 11) is 0. The van der Waals surface area contributed by atoms with Crippen LogP contribution in [0.5, 0.6) is 0 Å². The van der Waals surface area contributed by atoms with E-state index in [-0.39, 0.29) is 17.7 Å². The number of benzene rings is 1. The highest BCUT2D eigenvalue weighted by Crippen LogP contribution is 2.23. The van der Waals surface area contributed by atoms with Crippen molar-refractivity contribution in [2.24, 2.45) is 5.92 Å². The number of amides is 2. The van der Waals surface area contributed by atoms with Crippen LogP contribution in [0, 0.1) is 5.92 Å². The van der Waals surface area contributed by atoms with Gasteiger partial charge in [0.1, 0.15) is 12.1 Å². The molecule has 0 aliphatic carbocycles. The molecule has 1 aliphatic heterocycles. The van der Waals surface area contributed by atoms with Gasteiger partial charge in [-0.15, -0.1) is 11.8 Å². The summed E-state index contributed by atoms with van der Waals surface area (Å²) in [6.45, 7) is 3.64. The first-order valence-electron chi connectivity index (χ1n) is 8.05. The van der Waals surface area contributed by atoms with E-state index in [4.69, 9.17) is 0 Å². The molecule has 7 heteroatoms. The van der Waals surface area contributed by atoms with E-state index < -0.39 is 18.1 Å². The number of carbonyl (C=O) groups excluding carboxylic acids is 2. The average Bonchev–Trinajstić information content (AvgIpc) is 3.08. The van der Waals surface area contributed by atoms with Gasteiger partial charge in [0.25, 0.3) is 0 Å². The van der Waals surface area contributed by atoms with Crippen molar-refractivity contribution >= 4 is 35.6 Å². The Hall–Kier alpha value is -2.28. The van der Waals surface area contributed by atoms with Crippen LogP contribution in [-0.2, 0) is 14.4 Å². The van der Waals surface area contributed by atoms with Gasteiger partial charge in [0.2, 0.25) is 11.8 Å². The van der Waals surface area contributed by atoms with Crippen molar-refractivity contribution < 1.29 is 19.5 Å². The smallest absolute Gasteiger partial charge is 0.327 e. The molecule has 6 nitrogen and oxygen atoms in total. The van der Waals surface area contributed by atoms with E-state index in [1.54, 1.807) is 6.08 Å². The molecular formula is C18H22N2O4S. The normalized spacial score (nSPS) is 18.5. The van der Waals surface area contributed by atoms with Gasteiger partial charge >= 0.3 is 5.97 Å². The quantitative estimate of drug-likeness (QED) is 0.754. The van der Waals surface area contributed by atoms with E-state index in [0.717, 1.165) is 5.56 Å². The minimum Gasteiger partial charge on any atom is -0.480 e. The number of thioether (sulfide) groups is 1. The Morgan fingerprint density at radius 3 is 2.56 bits per heavy atom. The Labute approximate surface area is 151 Å². The zero-order chi connectivity index (χ0) is 18.4. The zero-order valence-corrected chi connectivity index (χ0v) is 15.0. The maximum absolute atomic E-state index is 12.7. The van der Waals surface area contributed by atoms with Crippen LogP contribution < -0.4 is 5.32 Å². The molecule has 1 fully saturated rings. The summed E-state index contributed by atoms with van der Waals surface area (Å²) in [5, 5.41) is 11.9. The van der Waals surface area contributed by atoms with E-state index >= 15 is 0 Å². The number of aliphatic carboxylic acids is 1. The predicted molar refractivity (Wildman–Crippen MR) is 97.8 cm³/mol. The Kier molecular flexibility index (Phi) is 6.64. The van der Waals surface area contributed by atoms with Crippen molar-refractivity contribution in [2.75, 3.05) is 11.6 Å². The fraction of sp³-hybridized carbons (Fsp3) is 0.389. The Balaban J connectivity index is 2.05. The molecule has 0 radical (unpaired) electrons. The van der Waals surface area contributed by atoms with Gasteiger partial charge in [-0.05, 0) is 17.6 Å². The monoisotopic (exact) mass is 362 g/mol. The van der Waals surface area contributed by atoms with Crippen LogP contribution in [0.2, 0.25) is 0 Å². The molecule has 0 bridgehead atoms. The summed E-state index contributed by atoms with van der Waals surface area (Å²) < 4.78 is 0. The molecule has 1 aromatic rings. The van der Waals surface area contributed by atoms with Crippen molar-refractivity contribution in [1.82, 2.24) is 10.2 Å². The minimum atomic E-state index is -1.02. The van der Waals surface area contributed by atoms with E-state index in [9.17, 15) is 19.5 Å². The molecule has 1 aromatic carbocycles. The van der Waals surface area contributed by atoms with Crippen molar-refractivity contribution in [2.45, 2.75) is 25.9 Å². The first-order valence-corrected chi connectivity index (χ1v) is 9.20. The molecule has 1 heterocycles. The number of carboxylic acids is 1. The van der Waals surface area contributed by atoms with E-state index in [0.29, 0.717) is 11.6 Å². The molecule has 0 aromatic heterocycles. The van der Waals surface area contributed by atoms with Gasteiger partial charge in [-0.25, -0.2) is 4.79 Å². The zero-order valence-electron chi connectivity index (χ0n) is 14.2. The standard InChI is InChI=1S/C18H22N2O4S/c1-12(2)16(17(22)20-11-25-10-14(20)18(23)24)19-15(21)9-8-13-6-4-3-5-7-13/h3-9,12,14,16H,10-11H2,1-2H3,(H,19,21)(H,23,24)/b9-8+/t14-,16-/m0/s1. The second-order valence-corrected chi connectivity index (χ2v) is 7.14. The first-order chi connectivity index (χ1) is 11.9. The maximum Gasteiger partial charge on any atom is 0.327 e. The van der Waals surface area contributed by atoms with Gasteiger partial charge in [0, 0.05) is 11.8 Å². The van der Waals surface area contributed by atoms with Crippen LogP contribution in [0.3, 0.4) is 0 Å². The lowest BCUT2D eigenvalue weighted by Gasteiger charge is -2.28. The molecule has 2 amide bonds. The lowest BCUT2D eigenvalue weighted by Crippen LogP contribution is -2.53. The molecule has 2 rings (SSSR count). The topological polar surface area (TPSA) is 86.7 Å². The number of hydrogen-bond donors (Lipinski definition) is 2. The highest BCUT2D eigenvalue weighted by Gasteiger charge is 2.38. The predicted octanol–water partition coefficient (Wildman–Crippen LogP) is 1.83. The second-order valence-electron chi connectivity index (χ2n) is 6.14. The molecule has 1 aliphatic rings. The molecule has 2 N–H and O–H groups in total. The number of hydrogen-bond acceptors (Lipinski definition) is 4. The van der Waals surface area contributed by atoms with Crippen molar-refractivity contribution in [3.8, 4) is 0 Å². The van der Waals surface area contributed by atoms with Crippen LogP contribution in [0.25, 0.3) is 6.08 Å². The maximum atomic E-state index is 12.7. The lowest BCUT2D eigenvalue weighted by atomic mass is 10.0.